The summed E-state index contributed by atoms with van der Waals surface area (Å²) in [7, 11) is 0. The summed E-state index contributed by atoms with van der Waals surface area (Å²) in [4.78, 5) is 23.4. The number of benzene rings is 3. The van der Waals surface area contributed by atoms with E-state index in [0.717, 1.165) is 0 Å². The zero-order valence-electron chi connectivity index (χ0n) is 14.6. The second-order valence-corrected chi connectivity index (χ2v) is 6.13. The zero-order valence-corrected chi connectivity index (χ0v) is 14.6. The van der Waals surface area contributed by atoms with Gasteiger partial charge in [-0.05, 0) is 52.9 Å². The topological polar surface area (TPSA) is 127 Å². The number of carbonyl (C=O) groups is 2. The number of nitrogen functional groups attached to an aromatic ring is 2. The van der Waals surface area contributed by atoms with Crippen molar-refractivity contribution in [2.45, 2.75) is 14.4 Å². The first-order valence-corrected chi connectivity index (χ1v) is 8.16. The van der Waals surface area contributed by atoms with Crippen LogP contribution < -0.4 is 11.5 Å². The molecule has 0 spiro atoms. The number of carboxylic acids is 2. The molecule has 0 bridgehead atoms. The number of carboxylic acid groups (broad SMARTS) is 2. The van der Waals surface area contributed by atoms with Gasteiger partial charge >= 0.3 is 11.9 Å². The van der Waals surface area contributed by atoms with E-state index >= 15 is 0 Å². The molecule has 0 radical (unpaired) electrons. The minimum atomic E-state index is -1.09. The molecule has 0 heterocycles. The van der Waals surface area contributed by atoms with Crippen LogP contribution in [0, 0.1) is 6.92 Å². The number of rotatable bonds is 4. The van der Waals surface area contributed by atoms with E-state index in [-0.39, 0.29) is 18.6 Å². The Kier molecular flexibility index (Phi) is 5.74. The Balaban J connectivity index is 0.00000280. The molecule has 0 atom stereocenters. The summed E-state index contributed by atoms with van der Waals surface area (Å²) in [5, 5.41) is 19.2. The normalized spacial score (nSPS) is 10.2. The standard InChI is InChI=1S/C21H18N2O4.CH4/c1-11-18(13-7-3-5-9-15(13)21(26)27)16(10-17(22)19(11)23)12-6-2-4-8-14(12)20(24)25;/h2-10H,22-23H2,1H3,(H,24,25)(H,26,27);1H4. The molecule has 3 aromatic carbocycles. The molecule has 6 nitrogen and oxygen atoms in total. The molecule has 0 aliphatic carbocycles. The highest BCUT2D eigenvalue weighted by Crippen LogP contribution is 2.42. The second kappa shape index (κ2) is 7.84. The fourth-order valence-electron chi connectivity index (χ4n) is 3.21. The number of aromatic carboxylic acids is 2. The highest BCUT2D eigenvalue weighted by atomic mass is 16.4. The second-order valence-electron chi connectivity index (χ2n) is 6.13. The summed E-state index contributed by atoms with van der Waals surface area (Å²) in [5.41, 5.74) is 15.5. The molecule has 28 heavy (non-hydrogen) atoms. The lowest BCUT2D eigenvalue weighted by molar-refractivity contribution is 0.0686. The van der Waals surface area contributed by atoms with Gasteiger partial charge in [0.2, 0.25) is 0 Å². The Labute approximate surface area is 163 Å². The summed E-state index contributed by atoms with van der Waals surface area (Å²) in [6.45, 7) is 1.74. The summed E-state index contributed by atoms with van der Waals surface area (Å²) in [6.07, 6.45) is 0. The van der Waals surface area contributed by atoms with E-state index < -0.39 is 11.9 Å². The van der Waals surface area contributed by atoms with Gasteiger partial charge in [-0.3, -0.25) is 0 Å². The van der Waals surface area contributed by atoms with Crippen LogP contribution in [-0.2, 0) is 0 Å². The molecule has 0 aliphatic rings. The molecule has 0 aliphatic heterocycles. The van der Waals surface area contributed by atoms with Crippen molar-refractivity contribution in [2.24, 2.45) is 0 Å². The minimum absolute atomic E-state index is 0. The Morgan fingerprint density at radius 1 is 0.786 bits per heavy atom. The van der Waals surface area contributed by atoms with Gasteiger partial charge in [0.05, 0.1) is 22.5 Å². The predicted molar refractivity (Wildman–Crippen MR) is 112 cm³/mol. The van der Waals surface area contributed by atoms with Crippen LogP contribution in [0.3, 0.4) is 0 Å². The molecule has 3 rings (SSSR count). The van der Waals surface area contributed by atoms with Crippen LogP contribution >= 0.6 is 0 Å². The van der Waals surface area contributed by atoms with Crippen molar-refractivity contribution < 1.29 is 19.8 Å². The molecule has 3 aromatic rings. The van der Waals surface area contributed by atoms with Crippen LogP contribution in [0.5, 0.6) is 0 Å². The van der Waals surface area contributed by atoms with Gasteiger partial charge in [0, 0.05) is 0 Å². The van der Waals surface area contributed by atoms with Crippen molar-refractivity contribution in [1.29, 1.82) is 0 Å². The van der Waals surface area contributed by atoms with E-state index in [1.807, 2.05) is 0 Å². The monoisotopic (exact) mass is 378 g/mol. The first-order chi connectivity index (χ1) is 12.8. The van der Waals surface area contributed by atoms with Crippen LogP contribution in [-0.4, -0.2) is 22.2 Å². The van der Waals surface area contributed by atoms with Gasteiger partial charge < -0.3 is 21.7 Å². The quantitative estimate of drug-likeness (QED) is 0.494. The van der Waals surface area contributed by atoms with Crippen LogP contribution in [0.25, 0.3) is 22.3 Å². The Morgan fingerprint density at radius 2 is 1.25 bits per heavy atom. The van der Waals surface area contributed by atoms with E-state index in [0.29, 0.717) is 39.2 Å². The highest BCUT2D eigenvalue weighted by Gasteiger charge is 2.22. The third-order valence-corrected chi connectivity index (χ3v) is 4.53. The number of hydrogen-bond acceptors (Lipinski definition) is 4. The summed E-state index contributed by atoms with van der Waals surface area (Å²) in [6, 6.07) is 14.6. The Bertz CT molecular complexity index is 1070. The fraction of sp³-hybridized carbons (Fsp3) is 0.0909. The van der Waals surface area contributed by atoms with Crippen molar-refractivity contribution >= 4 is 23.3 Å². The average molecular weight is 378 g/mol. The molecule has 0 unspecified atom stereocenters. The highest BCUT2D eigenvalue weighted by molar-refractivity contribution is 6.05. The van der Waals surface area contributed by atoms with Gasteiger partial charge in [0.25, 0.3) is 0 Å². The van der Waals surface area contributed by atoms with Crippen molar-refractivity contribution in [2.75, 3.05) is 11.5 Å². The van der Waals surface area contributed by atoms with Gasteiger partial charge in [-0.1, -0.05) is 43.8 Å². The first kappa shape index (κ1) is 20.5. The van der Waals surface area contributed by atoms with Crippen molar-refractivity contribution in [3.63, 3.8) is 0 Å². The number of anilines is 2. The van der Waals surface area contributed by atoms with Gasteiger partial charge in [-0.15, -0.1) is 0 Å². The molecule has 0 aromatic heterocycles. The molecule has 6 N–H and O–H groups in total. The Hall–Kier alpha value is -3.80. The maximum Gasteiger partial charge on any atom is 0.336 e. The van der Waals surface area contributed by atoms with E-state index in [2.05, 4.69) is 0 Å². The third-order valence-electron chi connectivity index (χ3n) is 4.53. The number of hydrogen-bond donors (Lipinski definition) is 4. The molecule has 0 fully saturated rings. The van der Waals surface area contributed by atoms with Gasteiger partial charge in [-0.2, -0.15) is 0 Å². The Morgan fingerprint density at radius 3 is 1.79 bits per heavy atom. The smallest absolute Gasteiger partial charge is 0.336 e. The van der Waals surface area contributed by atoms with Crippen LogP contribution in [0.2, 0.25) is 0 Å². The van der Waals surface area contributed by atoms with Crippen LogP contribution in [0.1, 0.15) is 33.7 Å². The van der Waals surface area contributed by atoms with Crippen molar-refractivity contribution in [1.82, 2.24) is 0 Å². The maximum atomic E-state index is 11.7. The molecule has 144 valence electrons. The van der Waals surface area contributed by atoms with E-state index in [1.165, 1.54) is 12.1 Å². The van der Waals surface area contributed by atoms with E-state index in [1.54, 1.807) is 49.4 Å². The largest absolute Gasteiger partial charge is 0.478 e. The molecular weight excluding hydrogens is 356 g/mol. The van der Waals surface area contributed by atoms with Gasteiger partial charge in [0.15, 0.2) is 0 Å². The molecule has 0 saturated carbocycles. The summed E-state index contributed by atoms with van der Waals surface area (Å²) < 4.78 is 0. The number of nitrogens with two attached hydrogens (primary N) is 2. The first-order valence-electron chi connectivity index (χ1n) is 8.16. The summed E-state index contributed by atoms with van der Waals surface area (Å²) in [5.74, 6) is -2.17. The van der Waals surface area contributed by atoms with Gasteiger partial charge in [-0.25, -0.2) is 9.59 Å². The van der Waals surface area contributed by atoms with Crippen molar-refractivity contribution in [3.8, 4) is 22.3 Å². The summed E-state index contributed by atoms with van der Waals surface area (Å²) >= 11 is 0. The lowest BCUT2D eigenvalue weighted by atomic mass is 9.85. The fourth-order valence-corrected chi connectivity index (χ4v) is 3.21. The lowest BCUT2D eigenvalue weighted by Gasteiger charge is -2.19. The molecule has 0 saturated heterocycles. The molecule has 0 amide bonds. The van der Waals surface area contributed by atoms with Crippen LogP contribution in [0.4, 0.5) is 11.4 Å². The van der Waals surface area contributed by atoms with Crippen LogP contribution in [0.15, 0.2) is 54.6 Å². The molecule has 6 heteroatoms. The van der Waals surface area contributed by atoms with E-state index in [9.17, 15) is 19.8 Å². The predicted octanol–water partition coefficient (Wildman–Crippen LogP) is 4.53. The van der Waals surface area contributed by atoms with Gasteiger partial charge in [0.1, 0.15) is 0 Å². The van der Waals surface area contributed by atoms with Crippen molar-refractivity contribution in [3.05, 3.63) is 71.3 Å². The zero-order chi connectivity index (χ0) is 19.7. The maximum absolute atomic E-state index is 11.7. The molecular formula is C22H22N2O4. The lowest BCUT2D eigenvalue weighted by Crippen LogP contribution is -2.06. The van der Waals surface area contributed by atoms with E-state index in [4.69, 9.17) is 11.5 Å². The third kappa shape index (κ3) is 3.40. The average Bonchev–Trinajstić information content (AvgIpc) is 2.65. The minimum Gasteiger partial charge on any atom is -0.478 e. The SMILES string of the molecule is C.Cc1c(N)c(N)cc(-c2ccccc2C(=O)O)c1-c1ccccc1C(=O)O.